The van der Waals surface area contributed by atoms with Crippen molar-refractivity contribution in [3.8, 4) is 11.4 Å². The number of aromatic nitrogens is 3. The molecule has 0 N–H and O–H groups in total. The number of carbonyl (C=O) groups is 1. The Morgan fingerprint density at radius 2 is 1.82 bits per heavy atom. The number of nitrogens with zero attached hydrogens (tertiary/aromatic N) is 5. The number of pyridine rings is 1. The highest BCUT2D eigenvalue weighted by Crippen LogP contribution is 2.29. The Morgan fingerprint density at radius 1 is 1.12 bits per heavy atom. The monoisotopic (exact) mass is 461 g/mol. The molecule has 1 saturated heterocycles. The quantitative estimate of drug-likeness (QED) is 0.534. The molecule has 4 rings (SSSR count). The molecule has 0 spiro atoms. The molecule has 2 aromatic heterocycles. The van der Waals surface area contributed by atoms with E-state index in [1.54, 1.807) is 37.5 Å². The van der Waals surface area contributed by atoms with Gasteiger partial charge in [-0.05, 0) is 24.5 Å². The van der Waals surface area contributed by atoms with Crippen LogP contribution in [0.15, 0.2) is 47.1 Å². The van der Waals surface area contributed by atoms with Gasteiger partial charge in [-0.15, -0.1) is 0 Å². The molecule has 174 valence electrons. The lowest BCUT2D eigenvalue weighted by molar-refractivity contribution is -0.159. The molecule has 0 bridgehead atoms. The molecule has 1 fully saturated rings. The average Bonchev–Trinajstić information content (AvgIpc) is 3.51. The minimum absolute atomic E-state index is 0.106. The summed E-state index contributed by atoms with van der Waals surface area (Å²) in [5.41, 5.74) is 1.92. The molecule has 1 amide bonds. The van der Waals surface area contributed by atoms with Crippen LogP contribution in [0.3, 0.4) is 0 Å². The number of anilines is 1. The third-order valence-corrected chi connectivity index (χ3v) is 5.21. The van der Waals surface area contributed by atoms with Gasteiger partial charge in [0.15, 0.2) is 0 Å². The summed E-state index contributed by atoms with van der Waals surface area (Å²) in [6, 6.07) is 10.3. The highest BCUT2D eigenvalue weighted by atomic mass is 19.4. The largest absolute Gasteiger partial charge is 0.471 e. The van der Waals surface area contributed by atoms with E-state index in [1.165, 1.54) is 17.7 Å². The normalized spacial score (nSPS) is 13.9. The second-order valence-corrected chi connectivity index (χ2v) is 7.75. The number of ether oxygens (including phenoxy) is 1. The highest BCUT2D eigenvalue weighted by molar-refractivity contribution is 5.67. The second kappa shape index (κ2) is 9.47. The van der Waals surface area contributed by atoms with Crippen LogP contribution in [0.2, 0.25) is 0 Å². The molecule has 0 radical (unpaired) electrons. The van der Waals surface area contributed by atoms with E-state index >= 15 is 0 Å². The second-order valence-electron chi connectivity index (χ2n) is 7.75. The fourth-order valence-electron chi connectivity index (χ4n) is 3.44. The number of halogens is 3. The van der Waals surface area contributed by atoms with Crippen LogP contribution in [0.5, 0.6) is 0 Å². The van der Waals surface area contributed by atoms with Crippen molar-refractivity contribution < 1.29 is 27.2 Å². The fraction of sp³-hybridized carbons (Fsp3) is 0.364. The molecule has 3 heterocycles. The van der Waals surface area contributed by atoms with Gasteiger partial charge in [0.25, 0.3) is 0 Å². The average molecular weight is 461 g/mol. The first-order chi connectivity index (χ1) is 15.8. The smallest absolute Gasteiger partial charge is 0.444 e. The van der Waals surface area contributed by atoms with Gasteiger partial charge in [-0.1, -0.05) is 35.5 Å². The Bertz CT molecular complexity index is 1080. The topological polar surface area (TPSA) is 84.6 Å². The third-order valence-electron chi connectivity index (χ3n) is 5.21. The molecule has 11 heteroatoms. The SMILES string of the molecule is CN(Cc1ccc(-c2noc(C(F)(F)F)n2)cc1)C(=O)OCc1ccc(N2CCCC2)nc1. The number of alkyl halides is 3. The Kier molecular flexibility index (Phi) is 6.47. The predicted octanol–water partition coefficient (Wildman–Crippen LogP) is 4.52. The van der Waals surface area contributed by atoms with E-state index in [4.69, 9.17) is 4.74 Å². The summed E-state index contributed by atoms with van der Waals surface area (Å²) in [5.74, 6) is -0.630. The summed E-state index contributed by atoms with van der Waals surface area (Å²) in [6.07, 6.45) is -1.14. The molecule has 0 aliphatic carbocycles. The van der Waals surface area contributed by atoms with E-state index in [2.05, 4.69) is 24.5 Å². The summed E-state index contributed by atoms with van der Waals surface area (Å²) in [6.45, 7) is 2.38. The standard InChI is InChI=1S/C22H22F3N5O3/c1-29(21(31)32-14-16-6-9-18(26-12-16)30-10-2-3-11-30)13-15-4-7-17(8-5-15)19-27-20(33-28-19)22(23,24)25/h4-9,12H,2-3,10-11,13-14H2,1H3. The van der Waals surface area contributed by atoms with Crippen LogP contribution in [0, 0.1) is 0 Å². The Morgan fingerprint density at radius 3 is 2.42 bits per heavy atom. The van der Waals surface area contributed by atoms with Gasteiger partial charge in [-0.2, -0.15) is 18.2 Å². The third kappa shape index (κ3) is 5.60. The molecule has 0 unspecified atom stereocenters. The number of hydrogen-bond donors (Lipinski definition) is 0. The lowest BCUT2D eigenvalue weighted by Crippen LogP contribution is -2.26. The van der Waals surface area contributed by atoms with E-state index in [0.717, 1.165) is 30.0 Å². The Balaban J connectivity index is 1.28. The van der Waals surface area contributed by atoms with Crippen LogP contribution >= 0.6 is 0 Å². The molecule has 1 aromatic carbocycles. The van der Waals surface area contributed by atoms with Gasteiger partial charge in [0.05, 0.1) is 0 Å². The van der Waals surface area contributed by atoms with Gasteiger partial charge in [0, 0.05) is 44.0 Å². The van der Waals surface area contributed by atoms with Gasteiger partial charge in [-0.3, -0.25) is 0 Å². The first kappa shape index (κ1) is 22.6. The van der Waals surface area contributed by atoms with Crippen molar-refractivity contribution in [3.05, 3.63) is 59.6 Å². The van der Waals surface area contributed by atoms with Crippen LogP contribution in [0.4, 0.5) is 23.8 Å². The molecule has 0 atom stereocenters. The molecule has 33 heavy (non-hydrogen) atoms. The molecule has 0 saturated carbocycles. The number of hydrogen-bond acceptors (Lipinski definition) is 7. The van der Waals surface area contributed by atoms with Crippen molar-refractivity contribution in [2.45, 2.75) is 32.2 Å². The van der Waals surface area contributed by atoms with Gasteiger partial charge < -0.3 is 19.1 Å². The number of rotatable bonds is 6. The zero-order valence-corrected chi connectivity index (χ0v) is 17.9. The minimum Gasteiger partial charge on any atom is -0.444 e. The molecule has 1 aliphatic rings. The predicted molar refractivity (Wildman–Crippen MR) is 112 cm³/mol. The summed E-state index contributed by atoms with van der Waals surface area (Å²) >= 11 is 0. The molecule has 1 aliphatic heterocycles. The van der Waals surface area contributed by atoms with E-state index in [-0.39, 0.29) is 19.0 Å². The van der Waals surface area contributed by atoms with Gasteiger partial charge >= 0.3 is 18.2 Å². The van der Waals surface area contributed by atoms with E-state index in [1.807, 2.05) is 12.1 Å². The van der Waals surface area contributed by atoms with Gasteiger partial charge in [-0.25, -0.2) is 9.78 Å². The summed E-state index contributed by atoms with van der Waals surface area (Å²) in [4.78, 5) is 23.7. The fourth-order valence-corrected chi connectivity index (χ4v) is 3.44. The molecular formula is C22H22F3N5O3. The van der Waals surface area contributed by atoms with Crippen molar-refractivity contribution in [1.82, 2.24) is 20.0 Å². The number of amides is 1. The lowest BCUT2D eigenvalue weighted by Gasteiger charge is -2.18. The van der Waals surface area contributed by atoms with Crippen molar-refractivity contribution in [1.29, 1.82) is 0 Å². The van der Waals surface area contributed by atoms with Crippen molar-refractivity contribution in [2.24, 2.45) is 0 Å². The maximum Gasteiger partial charge on any atom is 0.471 e. The van der Waals surface area contributed by atoms with Crippen molar-refractivity contribution in [2.75, 3.05) is 25.0 Å². The molecule has 3 aromatic rings. The van der Waals surface area contributed by atoms with Gasteiger partial charge in [0.2, 0.25) is 5.82 Å². The molecular weight excluding hydrogens is 439 g/mol. The van der Waals surface area contributed by atoms with Crippen LogP contribution in [0.25, 0.3) is 11.4 Å². The number of benzene rings is 1. The Hall–Kier alpha value is -3.63. The summed E-state index contributed by atoms with van der Waals surface area (Å²) in [5, 5.41) is 3.35. The van der Waals surface area contributed by atoms with Crippen molar-refractivity contribution in [3.63, 3.8) is 0 Å². The van der Waals surface area contributed by atoms with E-state index < -0.39 is 18.2 Å². The zero-order chi connectivity index (χ0) is 23.4. The first-order valence-electron chi connectivity index (χ1n) is 10.4. The number of carbonyl (C=O) groups excluding carboxylic acids is 1. The van der Waals surface area contributed by atoms with Crippen LogP contribution in [-0.2, 0) is 24.1 Å². The summed E-state index contributed by atoms with van der Waals surface area (Å²) < 4.78 is 47.4. The summed E-state index contributed by atoms with van der Waals surface area (Å²) in [7, 11) is 1.60. The zero-order valence-electron chi connectivity index (χ0n) is 17.9. The van der Waals surface area contributed by atoms with Gasteiger partial charge in [0.1, 0.15) is 12.4 Å². The lowest BCUT2D eigenvalue weighted by atomic mass is 10.1. The maximum absolute atomic E-state index is 12.6. The van der Waals surface area contributed by atoms with Crippen LogP contribution in [0.1, 0.15) is 29.9 Å². The van der Waals surface area contributed by atoms with Crippen LogP contribution < -0.4 is 4.90 Å². The van der Waals surface area contributed by atoms with Crippen molar-refractivity contribution >= 4 is 11.9 Å². The minimum atomic E-state index is -4.69. The highest BCUT2D eigenvalue weighted by Gasteiger charge is 2.38. The maximum atomic E-state index is 12.6. The Labute approximate surface area is 188 Å². The van der Waals surface area contributed by atoms with E-state index in [9.17, 15) is 18.0 Å². The first-order valence-corrected chi connectivity index (χ1v) is 10.4. The van der Waals surface area contributed by atoms with Crippen LogP contribution in [-0.4, -0.2) is 46.3 Å². The van der Waals surface area contributed by atoms with E-state index in [0.29, 0.717) is 5.56 Å². The molecule has 8 nitrogen and oxygen atoms in total.